The van der Waals surface area contributed by atoms with E-state index >= 15 is 0 Å². The Morgan fingerprint density at radius 2 is 1.89 bits per heavy atom. The lowest BCUT2D eigenvalue weighted by atomic mass is 10.1. The van der Waals surface area contributed by atoms with Crippen molar-refractivity contribution in [1.29, 1.82) is 0 Å². The van der Waals surface area contributed by atoms with E-state index in [0.29, 0.717) is 18.1 Å². The molecule has 27 heavy (non-hydrogen) atoms. The number of hydrogen-bond acceptors (Lipinski definition) is 5. The highest BCUT2D eigenvalue weighted by molar-refractivity contribution is 6.02. The molecule has 0 bridgehead atoms. The lowest BCUT2D eigenvalue weighted by molar-refractivity contribution is 0.102. The predicted octanol–water partition coefficient (Wildman–Crippen LogP) is 1.97. The summed E-state index contributed by atoms with van der Waals surface area (Å²) in [7, 11) is 3.45. The van der Waals surface area contributed by atoms with Crippen LogP contribution in [0.2, 0.25) is 0 Å². The molecule has 0 saturated carbocycles. The number of aromatic nitrogens is 2. The largest absolute Gasteiger partial charge is 0.353 e. The highest BCUT2D eigenvalue weighted by Gasteiger charge is 2.23. The van der Waals surface area contributed by atoms with Crippen LogP contribution in [0.15, 0.2) is 42.5 Å². The van der Waals surface area contributed by atoms with Gasteiger partial charge in [-0.15, -0.1) is 10.2 Å². The maximum atomic E-state index is 12.3. The molecular formula is C19H24N6O2. The number of piperidine rings is 1. The Hall–Kier alpha value is -3.16. The normalized spacial score (nSPS) is 16.5. The number of urea groups is 1. The zero-order valence-electron chi connectivity index (χ0n) is 15.6. The maximum Gasteiger partial charge on any atom is 0.317 e. The van der Waals surface area contributed by atoms with Crippen LogP contribution in [-0.4, -0.2) is 60.3 Å². The molecule has 0 spiro atoms. The van der Waals surface area contributed by atoms with Gasteiger partial charge in [0.1, 0.15) is 0 Å². The minimum Gasteiger partial charge on any atom is -0.353 e. The van der Waals surface area contributed by atoms with Crippen LogP contribution in [0, 0.1) is 0 Å². The first-order chi connectivity index (χ1) is 13.0. The van der Waals surface area contributed by atoms with Crippen molar-refractivity contribution in [1.82, 2.24) is 20.4 Å². The van der Waals surface area contributed by atoms with Crippen molar-refractivity contribution in [3.8, 4) is 0 Å². The molecule has 1 aromatic heterocycles. The van der Waals surface area contributed by atoms with Gasteiger partial charge in [-0.25, -0.2) is 4.79 Å². The number of nitrogens with zero attached hydrogens (tertiary/aromatic N) is 4. The molecule has 1 aliphatic heterocycles. The Bertz CT molecular complexity index is 779. The van der Waals surface area contributed by atoms with Gasteiger partial charge in [0, 0.05) is 38.9 Å². The standard InChI is InChI=1S/C19H24N6O2/c1-24(2)19(27)21-15-9-6-12-25(13-15)17-11-10-16(22-23-17)18(26)20-14-7-4-3-5-8-14/h3-5,7-8,10-11,15H,6,9,12-13H2,1-2H3,(H,20,26)(H,21,27). The van der Waals surface area contributed by atoms with E-state index in [1.165, 1.54) is 4.90 Å². The summed E-state index contributed by atoms with van der Waals surface area (Å²) < 4.78 is 0. The highest BCUT2D eigenvalue weighted by Crippen LogP contribution is 2.18. The van der Waals surface area contributed by atoms with Crippen LogP contribution in [-0.2, 0) is 0 Å². The summed E-state index contributed by atoms with van der Waals surface area (Å²) in [6, 6.07) is 12.7. The highest BCUT2D eigenvalue weighted by atomic mass is 16.2. The monoisotopic (exact) mass is 368 g/mol. The zero-order chi connectivity index (χ0) is 19.2. The molecule has 1 unspecified atom stereocenters. The molecule has 3 amide bonds. The van der Waals surface area contributed by atoms with E-state index in [-0.39, 0.29) is 23.7 Å². The van der Waals surface area contributed by atoms with Gasteiger partial charge in [-0.3, -0.25) is 4.79 Å². The molecule has 8 heteroatoms. The van der Waals surface area contributed by atoms with Gasteiger partial charge in [-0.1, -0.05) is 18.2 Å². The first-order valence-electron chi connectivity index (χ1n) is 8.96. The third kappa shape index (κ3) is 4.93. The lowest BCUT2D eigenvalue weighted by Gasteiger charge is -2.34. The van der Waals surface area contributed by atoms with Crippen molar-refractivity contribution in [3.05, 3.63) is 48.2 Å². The second kappa shape index (κ2) is 8.48. The Morgan fingerprint density at radius 1 is 1.11 bits per heavy atom. The third-order valence-corrected chi connectivity index (χ3v) is 4.39. The Kier molecular flexibility index (Phi) is 5.85. The van der Waals surface area contributed by atoms with Crippen molar-refractivity contribution >= 4 is 23.4 Å². The fraction of sp³-hybridized carbons (Fsp3) is 0.368. The van der Waals surface area contributed by atoms with E-state index in [1.807, 2.05) is 30.3 Å². The van der Waals surface area contributed by atoms with Crippen LogP contribution in [0.25, 0.3) is 0 Å². The van der Waals surface area contributed by atoms with Crippen molar-refractivity contribution in [2.75, 3.05) is 37.4 Å². The molecule has 1 aliphatic rings. The second-order valence-corrected chi connectivity index (χ2v) is 6.73. The molecule has 142 valence electrons. The maximum absolute atomic E-state index is 12.3. The van der Waals surface area contributed by atoms with E-state index < -0.39 is 0 Å². The molecule has 1 atom stereocenters. The summed E-state index contributed by atoms with van der Waals surface area (Å²) in [5.74, 6) is 0.407. The number of hydrogen-bond donors (Lipinski definition) is 2. The van der Waals surface area contributed by atoms with Crippen LogP contribution in [0.4, 0.5) is 16.3 Å². The molecule has 2 heterocycles. The quantitative estimate of drug-likeness (QED) is 0.861. The molecular weight excluding hydrogens is 344 g/mol. The Labute approximate surface area is 158 Å². The molecule has 2 N–H and O–H groups in total. The molecule has 1 saturated heterocycles. The topological polar surface area (TPSA) is 90.5 Å². The molecule has 1 fully saturated rings. The number of carbonyl (C=O) groups excluding carboxylic acids is 2. The van der Waals surface area contributed by atoms with Gasteiger partial charge in [0.2, 0.25) is 0 Å². The number of para-hydroxylation sites is 1. The number of amides is 3. The summed E-state index contributed by atoms with van der Waals surface area (Å²) in [6.07, 6.45) is 1.89. The van der Waals surface area contributed by atoms with Crippen molar-refractivity contribution < 1.29 is 9.59 Å². The minimum absolute atomic E-state index is 0.0662. The summed E-state index contributed by atoms with van der Waals surface area (Å²) in [6.45, 7) is 1.52. The zero-order valence-corrected chi connectivity index (χ0v) is 15.6. The van der Waals surface area contributed by atoms with Gasteiger partial charge in [-0.05, 0) is 37.1 Å². The van der Waals surface area contributed by atoms with Gasteiger partial charge >= 0.3 is 6.03 Å². The van der Waals surface area contributed by atoms with E-state index in [0.717, 1.165) is 19.4 Å². The van der Waals surface area contributed by atoms with Crippen LogP contribution >= 0.6 is 0 Å². The number of rotatable bonds is 4. The average molecular weight is 368 g/mol. The smallest absolute Gasteiger partial charge is 0.317 e. The lowest BCUT2D eigenvalue weighted by Crippen LogP contribution is -2.50. The molecule has 1 aromatic carbocycles. The van der Waals surface area contributed by atoms with Gasteiger partial charge < -0.3 is 20.4 Å². The predicted molar refractivity (Wildman–Crippen MR) is 104 cm³/mol. The molecule has 0 radical (unpaired) electrons. The van der Waals surface area contributed by atoms with E-state index in [4.69, 9.17) is 0 Å². The van der Waals surface area contributed by atoms with Crippen molar-refractivity contribution in [2.45, 2.75) is 18.9 Å². The number of anilines is 2. The van der Waals surface area contributed by atoms with Crippen molar-refractivity contribution in [3.63, 3.8) is 0 Å². The van der Waals surface area contributed by atoms with Gasteiger partial charge in [0.15, 0.2) is 11.5 Å². The number of benzene rings is 1. The molecule has 3 rings (SSSR count). The second-order valence-electron chi connectivity index (χ2n) is 6.73. The van der Waals surface area contributed by atoms with E-state index in [2.05, 4.69) is 25.7 Å². The van der Waals surface area contributed by atoms with Crippen LogP contribution < -0.4 is 15.5 Å². The molecule has 2 aromatic rings. The van der Waals surface area contributed by atoms with Crippen molar-refractivity contribution in [2.24, 2.45) is 0 Å². The van der Waals surface area contributed by atoms with Crippen LogP contribution in [0.1, 0.15) is 23.3 Å². The Morgan fingerprint density at radius 3 is 2.56 bits per heavy atom. The summed E-state index contributed by atoms with van der Waals surface area (Å²) in [4.78, 5) is 27.7. The van der Waals surface area contributed by atoms with E-state index in [9.17, 15) is 9.59 Å². The van der Waals surface area contributed by atoms with E-state index in [1.54, 1.807) is 26.2 Å². The van der Waals surface area contributed by atoms with Crippen LogP contribution in [0.5, 0.6) is 0 Å². The summed E-state index contributed by atoms with van der Waals surface area (Å²) in [5, 5.41) is 14.1. The first kappa shape index (κ1) is 18.6. The molecule has 8 nitrogen and oxygen atoms in total. The number of carbonyl (C=O) groups is 2. The molecule has 0 aliphatic carbocycles. The SMILES string of the molecule is CN(C)C(=O)NC1CCCN(c2ccc(C(=O)Nc3ccccc3)nn2)C1. The third-order valence-electron chi connectivity index (χ3n) is 4.39. The van der Waals surface area contributed by atoms with Gasteiger partial charge in [-0.2, -0.15) is 0 Å². The minimum atomic E-state index is -0.296. The summed E-state index contributed by atoms with van der Waals surface area (Å²) >= 11 is 0. The van der Waals surface area contributed by atoms with Gasteiger partial charge in [0.25, 0.3) is 5.91 Å². The number of nitrogens with one attached hydrogen (secondary N) is 2. The summed E-state index contributed by atoms with van der Waals surface area (Å²) in [5.41, 5.74) is 0.973. The Balaban J connectivity index is 1.61. The van der Waals surface area contributed by atoms with Crippen LogP contribution in [0.3, 0.4) is 0 Å². The average Bonchev–Trinajstić information content (AvgIpc) is 2.69. The fourth-order valence-electron chi connectivity index (χ4n) is 2.94. The van der Waals surface area contributed by atoms with Gasteiger partial charge in [0.05, 0.1) is 0 Å². The first-order valence-corrected chi connectivity index (χ1v) is 8.96. The fourth-order valence-corrected chi connectivity index (χ4v) is 2.94.